The van der Waals surface area contributed by atoms with E-state index >= 15 is 0 Å². The molecule has 0 saturated heterocycles. The molecule has 0 spiro atoms. The van der Waals surface area contributed by atoms with E-state index in [9.17, 15) is 4.79 Å². The number of ether oxygens (including phenoxy) is 2. The van der Waals surface area contributed by atoms with Gasteiger partial charge in [0.15, 0.2) is 0 Å². The number of rotatable bonds is 9. The van der Waals surface area contributed by atoms with E-state index in [-0.39, 0.29) is 12.5 Å². The van der Waals surface area contributed by atoms with Crippen molar-refractivity contribution in [3.63, 3.8) is 0 Å². The summed E-state index contributed by atoms with van der Waals surface area (Å²) in [4.78, 5) is 12.1. The van der Waals surface area contributed by atoms with Crippen LogP contribution in [0, 0.1) is 0 Å². The monoisotopic (exact) mass is 391 g/mol. The molecule has 0 unspecified atom stereocenters. The number of hydrogen-bond donors (Lipinski definition) is 2. The van der Waals surface area contributed by atoms with Crippen molar-refractivity contribution >= 4 is 28.6 Å². The minimum Gasteiger partial charge on any atom is -0.497 e. The van der Waals surface area contributed by atoms with Gasteiger partial charge in [-0.1, -0.05) is 43.3 Å². The summed E-state index contributed by atoms with van der Waals surface area (Å²) in [6.07, 6.45) is 2.55. The van der Waals surface area contributed by atoms with Gasteiger partial charge in [0.05, 0.1) is 26.5 Å². The minimum atomic E-state index is -0.250. The van der Waals surface area contributed by atoms with Crippen molar-refractivity contribution in [2.45, 2.75) is 13.3 Å². The normalized spacial score (nSPS) is 10.8. The Bertz CT molecular complexity index is 1000. The SMILES string of the molecule is CCCOc1ccc2ccccc2c1/C=N\NC(=O)CNc1cccc(OC)c1. The fourth-order valence-electron chi connectivity index (χ4n) is 2.87. The van der Waals surface area contributed by atoms with Crippen molar-refractivity contribution in [2.24, 2.45) is 5.10 Å². The number of anilines is 1. The Balaban J connectivity index is 1.67. The van der Waals surface area contributed by atoms with E-state index < -0.39 is 0 Å². The molecule has 6 nitrogen and oxygen atoms in total. The zero-order valence-electron chi connectivity index (χ0n) is 16.6. The Labute approximate surface area is 170 Å². The van der Waals surface area contributed by atoms with Crippen LogP contribution in [0.3, 0.4) is 0 Å². The molecule has 6 heteroatoms. The van der Waals surface area contributed by atoms with Crippen molar-refractivity contribution < 1.29 is 14.3 Å². The lowest BCUT2D eigenvalue weighted by molar-refractivity contribution is -0.119. The van der Waals surface area contributed by atoms with Crippen LogP contribution in [-0.2, 0) is 4.79 Å². The van der Waals surface area contributed by atoms with Crippen molar-refractivity contribution in [2.75, 3.05) is 25.6 Å². The summed E-state index contributed by atoms with van der Waals surface area (Å²) >= 11 is 0. The molecule has 3 aromatic rings. The van der Waals surface area contributed by atoms with Gasteiger partial charge >= 0.3 is 0 Å². The average molecular weight is 391 g/mol. The van der Waals surface area contributed by atoms with Crippen LogP contribution in [0.4, 0.5) is 5.69 Å². The molecule has 0 fully saturated rings. The van der Waals surface area contributed by atoms with Crippen molar-refractivity contribution in [3.05, 3.63) is 66.2 Å². The number of fused-ring (bicyclic) bond motifs is 1. The molecule has 0 radical (unpaired) electrons. The third kappa shape index (κ3) is 5.48. The number of hydrazone groups is 1. The number of carbonyl (C=O) groups excluding carboxylic acids is 1. The topological polar surface area (TPSA) is 72.0 Å². The van der Waals surface area contributed by atoms with E-state index in [1.54, 1.807) is 13.3 Å². The maximum absolute atomic E-state index is 12.1. The second-order valence-corrected chi connectivity index (χ2v) is 6.43. The molecule has 0 aliphatic heterocycles. The van der Waals surface area contributed by atoms with Crippen LogP contribution in [0.15, 0.2) is 65.8 Å². The van der Waals surface area contributed by atoms with E-state index in [0.717, 1.165) is 39.9 Å². The summed E-state index contributed by atoms with van der Waals surface area (Å²) in [7, 11) is 1.60. The fourth-order valence-corrected chi connectivity index (χ4v) is 2.87. The summed E-state index contributed by atoms with van der Waals surface area (Å²) in [5.41, 5.74) is 4.20. The number of methoxy groups -OCH3 is 1. The van der Waals surface area contributed by atoms with E-state index in [1.165, 1.54) is 0 Å². The molecule has 0 aliphatic carbocycles. The molecule has 0 aliphatic rings. The highest BCUT2D eigenvalue weighted by Gasteiger charge is 2.07. The van der Waals surface area contributed by atoms with Gasteiger partial charge in [0.25, 0.3) is 5.91 Å². The molecule has 0 aromatic heterocycles. The highest BCUT2D eigenvalue weighted by Crippen LogP contribution is 2.26. The Kier molecular flexibility index (Phi) is 7.05. The van der Waals surface area contributed by atoms with Crippen LogP contribution >= 0.6 is 0 Å². The number of hydrogen-bond acceptors (Lipinski definition) is 5. The van der Waals surface area contributed by atoms with Crippen LogP contribution in [-0.4, -0.2) is 32.4 Å². The first-order valence-corrected chi connectivity index (χ1v) is 9.55. The molecule has 29 heavy (non-hydrogen) atoms. The molecule has 150 valence electrons. The first-order valence-electron chi connectivity index (χ1n) is 9.55. The quantitative estimate of drug-likeness (QED) is 0.424. The summed E-state index contributed by atoms with van der Waals surface area (Å²) in [6, 6.07) is 19.4. The van der Waals surface area contributed by atoms with Crippen molar-refractivity contribution in [3.8, 4) is 11.5 Å². The first kappa shape index (κ1) is 20.2. The summed E-state index contributed by atoms with van der Waals surface area (Å²) < 4.78 is 11.0. The van der Waals surface area contributed by atoms with Gasteiger partial charge in [-0.3, -0.25) is 4.79 Å². The lowest BCUT2D eigenvalue weighted by Gasteiger charge is -2.11. The maximum Gasteiger partial charge on any atom is 0.259 e. The number of carbonyl (C=O) groups is 1. The second kappa shape index (κ2) is 10.1. The molecule has 1 amide bonds. The number of nitrogens with zero attached hydrogens (tertiary/aromatic N) is 1. The molecule has 0 saturated carbocycles. The standard InChI is InChI=1S/C23H25N3O3/c1-3-13-29-22-12-11-17-7-4-5-10-20(17)21(22)15-25-26-23(27)16-24-18-8-6-9-19(14-18)28-2/h4-12,14-15,24H,3,13,16H2,1-2H3,(H,26,27)/b25-15-. The third-order valence-corrected chi connectivity index (χ3v) is 4.30. The van der Waals surface area contributed by atoms with Crippen molar-refractivity contribution in [1.29, 1.82) is 0 Å². The van der Waals surface area contributed by atoms with Gasteiger partial charge in [-0.05, 0) is 35.4 Å². The molecule has 3 aromatic carbocycles. The molecular formula is C23H25N3O3. The molecular weight excluding hydrogens is 366 g/mol. The van der Waals surface area contributed by atoms with Crippen LogP contribution in [0.25, 0.3) is 10.8 Å². The Morgan fingerprint density at radius 1 is 1.10 bits per heavy atom. The predicted molar refractivity (Wildman–Crippen MR) is 117 cm³/mol. The first-order chi connectivity index (χ1) is 14.2. The van der Waals surface area contributed by atoms with Gasteiger partial charge in [-0.15, -0.1) is 0 Å². The average Bonchev–Trinajstić information content (AvgIpc) is 2.77. The van der Waals surface area contributed by atoms with E-state index in [2.05, 4.69) is 22.8 Å². The third-order valence-electron chi connectivity index (χ3n) is 4.30. The highest BCUT2D eigenvalue weighted by molar-refractivity contribution is 6.02. The second-order valence-electron chi connectivity index (χ2n) is 6.43. The molecule has 3 rings (SSSR count). The highest BCUT2D eigenvalue weighted by atomic mass is 16.5. The number of amides is 1. The van der Waals surface area contributed by atoms with Gasteiger partial charge in [0.2, 0.25) is 0 Å². The van der Waals surface area contributed by atoms with Crippen LogP contribution in [0.5, 0.6) is 11.5 Å². The molecule has 0 atom stereocenters. The Morgan fingerprint density at radius 2 is 1.97 bits per heavy atom. The van der Waals surface area contributed by atoms with Gasteiger partial charge < -0.3 is 14.8 Å². The van der Waals surface area contributed by atoms with Gasteiger partial charge in [-0.25, -0.2) is 5.43 Å². The predicted octanol–water partition coefficient (Wildman–Crippen LogP) is 4.20. The Morgan fingerprint density at radius 3 is 2.79 bits per heavy atom. The molecule has 0 heterocycles. The van der Waals surface area contributed by atoms with E-state index in [4.69, 9.17) is 9.47 Å². The van der Waals surface area contributed by atoms with Crippen LogP contribution in [0.1, 0.15) is 18.9 Å². The lowest BCUT2D eigenvalue weighted by Crippen LogP contribution is -2.25. The maximum atomic E-state index is 12.1. The number of benzene rings is 3. The van der Waals surface area contributed by atoms with Crippen LogP contribution < -0.4 is 20.2 Å². The zero-order chi connectivity index (χ0) is 20.5. The zero-order valence-corrected chi connectivity index (χ0v) is 16.6. The minimum absolute atomic E-state index is 0.0965. The molecule has 0 bridgehead atoms. The van der Waals surface area contributed by atoms with E-state index in [1.807, 2.05) is 60.7 Å². The summed E-state index contributed by atoms with van der Waals surface area (Å²) in [5, 5.41) is 9.29. The Hall–Kier alpha value is -3.54. The van der Waals surface area contributed by atoms with Crippen LogP contribution in [0.2, 0.25) is 0 Å². The summed E-state index contributed by atoms with van der Waals surface area (Å²) in [5.74, 6) is 1.22. The fraction of sp³-hybridized carbons (Fsp3) is 0.217. The lowest BCUT2D eigenvalue weighted by atomic mass is 10.0. The summed E-state index contributed by atoms with van der Waals surface area (Å²) in [6.45, 7) is 2.78. The van der Waals surface area contributed by atoms with Gasteiger partial charge in [-0.2, -0.15) is 5.10 Å². The van der Waals surface area contributed by atoms with Gasteiger partial charge in [0, 0.05) is 17.3 Å². The van der Waals surface area contributed by atoms with Crippen molar-refractivity contribution in [1.82, 2.24) is 5.43 Å². The smallest absolute Gasteiger partial charge is 0.259 e. The molecule has 2 N–H and O–H groups in total. The van der Waals surface area contributed by atoms with E-state index in [0.29, 0.717) is 6.61 Å². The number of nitrogens with one attached hydrogen (secondary N) is 2. The van der Waals surface area contributed by atoms with Gasteiger partial charge in [0.1, 0.15) is 11.5 Å². The largest absolute Gasteiger partial charge is 0.497 e.